The second-order valence-electron chi connectivity index (χ2n) is 4.92. The number of benzene rings is 1. The molecule has 0 aliphatic carbocycles. The van der Waals surface area contributed by atoms with Crippen LogP contribution in [0.5, 0.6) is 0 Å². The summed E-state index contributed by atoms with van der Waals surface area (Å²) in [4.78, 5) is 5.73. The Morgan fingerprint density at radius 1 is 1.26 bits per heavy atom. The molecule has 0 spiro atoms. The Bertz CT molecular complexity index is 519. The Balaban J connectivity index is 2.16. The summed E-state index contributed by atoms with van der Waals surface area (Å²) in [5.41, 5.74) is 2.79. The van der Waals surface area contributed by atoms with Crippen molar-refractivity contribution in [3.63, 3.8) is 0 Å². The highest BCUT2D eigenvalue weighted by atomic mass is 32.1. The molecule has 1 atom stereocenters. The monoisotopic (exact) mass is 274 g/mol. The van der Waals surface area contributed by atoms with Crippen molar-refractivity contribution in [1.82, 2.24) is 10.3 Å². The van der Waals surface area contributed by atoms with Crippen LogP contribution in [-0.4, -0.2) is 11.5 Å². The van der Waals surface area contributed by atoms with Crippen LogP contribution in [0.4, 0.5) is 0 Å². The average Bonchev–Trinajstić information content (AvgIpc) is 2.83. The molecule has 0 radical (unpaired) electrons. The fourth-order valence-electron chi connectivity index (χ4n) is 2.19. The van der Waals surface area contributed by atoms with Gasteiger partial charge < -0.3 is 5.32 Å². The van der Waals surface area contributed by atoms with Crippen LogP contribution in [0.2, 0.25) is 0 Å². The lowest BCUT2D eigenvalue weighted by Crippen LogP contribution is -2.23. The number of hydrogen-bond donors (Lipinski definition) is 1. The van der Waals surface area contributed by atoms with Gasteiger partial charge in [-0.05, 0) is 44.4 Å². The molecule has 0 amide bonds. The Morgan fingerprint density at radius 2 is 2.05 bits per heavy atom. The summed E-state index contributed by atoms with van der Waals surface area (Å²) in [5, 5.41) is 4.79. The number of hydrogen-bond acceptors (Lipinski definition) is 3. The first-order chi connectivity index (χ1) is 9.20. The minimum Gasteiger partial charge on any atom is -0.309 e. The Kier molecular flexibility index (Phi) is 5.11. The van der Waals surface area contributed by atoms with E-state index in [0.717, 1.165) is 24.4 Å². The molecule has 0 saturated heterocycles. The second kappa shape index (κ2) is 6.83. The number of rotatable bonds is 6. The van der Waals surface area contributed by atoms with Gasteiger partial charge >= 0.3 is 0 Å². The fraction of sp³-hybridized carbons (Fsp3) is 0.438. The van der Waals surface area contributed by atoms with Crippen LogP contribution in [0.15, 0.2) is 30.5 Å². The van der Waals surface area contributed by atoms with Crippen molar-refractivity contribution in [2.24, 2.45) is 0 Å². The summed E-state index contributed by atoms with van der Waals surface area (Å²) in [6.07, 6.45) is 4.21. The number of nitrogens with zero attached hydrogens (tertiary/aromatic N) is 1. The van der Waals surface area contributed by atoms with Crippen molar-refractivity contribution in [2.75, 3.05) is 6.54 Å². The van der Waals surface area contributed by atoms with E-state index in [-0.39, 0.29) is 0 Å². The van der Waals surface area contributed by atoms with Gasteiger partial charge in [-0.3, -0.25) is 0 Å². The molecule has 0 bridgehead atoms. The molecular weight excluding hydrogens is 252 g/mol. The van der Waals surface area contributed by atoms with E-state index in [1.54, 1.807) is 11.3 Å². The number of thiazole rings is 1. The molecule has 2 aromatic rings. The van der Waals surface area contributed by atoms with E-state index in [0.29, 0.717) is 6.04 Å². The van der Waals surface area contributed by atoms with Crippen LogP contribution in [0.3, 0.4) is 0 Å². The first-order valence-corrected chi connectivity index (χ1v) is 7.72. The SMILES string of the molecule is CCCNC(Cc1ccccc1C)c1cnc(C)s1. The lowest BCUT2D eigenvalue weighted by molar-refractivity contribution is 0.535. The number of aromatic nitrogens is 1. The van der Waals surface area contributed by atoms with Crippen molar-refractivity contribution in [3.8, 4) is 0 Å². The van der Waals surface area contributed by atoms with E-state index in [9.17, 15) is 0 Å². The quantitative estimate of drug-likeness (QED) is 0.860. The molecule has 1 heterocycles. The zero-order chi connectivity index (χ0) is 13.7. The van der Waals surface area contributed by atoms with E-state index in [2.05, 4.69) is 55.3 Å². The topological polar surface area (TPSA) is 24.9 Å². The Hall–Kier alpha value is -1.19. The molecule has 1 aromatic carbocycles. The van der Waals surface area contributed by atoms with Crippen LogP contribution in [0.25, 0.3) is 0 Å². The zero-order valence-corrected chi connectivity index (χ0v) is 12.8. The van der Waals surface area contributed by atoms with Gasteiger partial charge in [0.05, 0.1) is 5.01 Å². The van der Waals surface area contributed by atoms with Gasteiger partial charge in [0.25, 0.3) is 0 Å². The molecule has 3 heteroatoms. The minimum atomic E-state index is 0.382. The van der Waals surface area contributed by atoms with Crippen LogP contribution in [0.1, 0.15) is 40.4 Å². The molecule has 2 nitrogen and oxygen atoms in total. The predicted octanol–water partition coefficient (Wildman–Crippen LogP) is 4.04. The van der Waals surface area contributed by atoms with Crippen molar-refractivity contribution in [1.29, 1.82) is 0 Å². The van der Waals surface area contributed by atoms with Gasteiger partial charge in [-0.15, -0.1) is 11.3 Å². The lowest BCUT2D eigenvalue weighted by Gasteiger charge is -2.18. The van der Waals surface area contributed by atoms with Crippen molar-refractivity contribution in [2.45, 2.75) is 39.7 Å². The van der Waals surface area contributed by atoms with Crippen molar-refractivity contribution < 1.29 is 0 Å². The van der Waals surface area contributed by atoms with Crippen LogP contribution >= 0.6 is 11.3 Å². The van der Waals surface area contributed by atoms with Gasteiger partial charge in [-0.1, -0.05) is 31.2 Å². The molecule has 102 valence electrons. The van der Waals surface area contributed by atoms with Crippen LogP contribution < -0.4 is 5.32 Å². The predicted molar refractivity (Wildman–Crippen MR) is 82.8 cm³/mol. The van der Waals surface area contributed by atoms with E-state index in [1.807, 2.05) is 6.20 Å². The third-order valence-corrected chi connectivity index (χ3v) is 4.34. The highest BCUT2D eigenvalue weighted by Gasteiger charge is 2.15. The van der Waals surface area contributed by atoms with E-state index < -0.39 is 0 Å². The highest BCUT2D eigenvalue weighted by Crippen LogP contribution is 2.25. The van der Waals surface area contributed by atoms with E-state index in [1.165, 1.54) is 16.0 Å². The Labute approximate surface area is 119 Å². The molecule has 0 aliphatic rings. The molecule has 1 N–H and O–H groups in total. The maximum Gasteiger partial charge on any atom is 0.0897 e. The highest BCUT2D eigenvalue weighted by molar-refractivity contribution is 7.11. The summed E-state index contributed by atoms with van der Waals surface area (Å²) >= 11 is 1.80. The molecule has 1 aromatic heterocycles. The molecule has 2 rings (SSSR count). The molecule has 19 heavy (non-hydrogen) atoms. The summed E-state index contributed by atoms with van der Waals surface area (Å²) in [5.74, 6) is 0. The maximum atomic E-state index is 4.39. The van der Waals surface area contributed by atoms with Gasteiger partial charge in [-0.2, -0.15) is 0 Å². The van der Waals surface area contributed by atoms with Gasteiger partial charge in [0.15, 0.2) is 0 Å². The number of nitrogens with one attached hydrogen (secondary N) is 1. The minimum absolute atomic E-state index is 0.382. The van der Waals surface area contributed by atoms with Crippen LogP contribution in [-0.2, 0) is 6.42 Å². The average molecular weight is 274 g/mol. The van der Waals surface area contributed by atoms with E-state index >= 15 is 0 Å². The van der Waals surface area contributed by atoms with Gasteiger partial charge in [0.1, 0.15) is 0 Å². The largest absolute Gasteiger partial charge is 0.309 e. The summed E-state index contributed by atoms with van der Waals surface area (Å²) in [6, 6.07) is 9.02. The third kappa shape index (κ3) is 3.88. The standard InChI is InChI=1S/C16H22N2S/c1-4-9-17-15(16-11-18-13(3)19-16)10-14-8-6-5-7-12(14)2/h5-8,11,15,17H,4,9-10H2,1-3H3. The van der Waals surface area contributed by atoms with Gasteiger partial charge in [-0.25, -0.2) is 4.98 Å². The van der Waals surface area contributed by atoms with Crippen molar-refractivity contribution in [3.05, 3.63) is 51.5 Å². The smallest absolute Gasteiger partial charge is 0.0897 e. The molecule has 0 aliphatic heterocycles. The Morgan fingerprint density at radius 3 is 2.68 bits per heavy atom. The summed E-state index contributed by atoms with van der Waals surface area (Å²) in [6.45, 7) is 7.51. The van der Waals surface area contributed by atoms with Gasteiger partial charge in [0, 0.05) is 17.1 Å². The normalized spacial score (nSPS) is 12.6. The molecule has 0 saturated carbocycles. The summed E-state index contributed by atoms with van der Waals surface area (Å²) in [7, 11) is 0. The third-order valence-electron chi connectivity index (χ3n) is 3.31. The molecule has 0 fully saturated rings. The lowest BCUT2D eigenvalue weighted by atomic mass is 10.0. The van der Waals surface area contributed by atoms with Crippen LogP contribution in [0, 0.1) is 13.8 Å². The molecule has 1 unspecified atom stereocenters. The first-order valence-electron chi connectivity index (χ1n) is 6.91. The second-order valence-corrected chi connectivity index (χ2v) is 6.19. The van der Waals surface area contributed by atoms with E-state index in [4.69, 9.17) is 0 Å². The summed E-state index contributed by atoms with van der Waals surface area (Å²) < 4.78 is 0. The maximum absolute atomic E-state index is 4.39. The number of aryl methyl sites for hydroxylation is 2. The molecular formula is C16H22N2S. The zero-order valence-electron chi connectivity index (χ0n) is 11.9. The van der Waals surface area contributed by atoms with Crippen molar-refractivity contribution >= 4 is 11.3 Å². The first kappa shape index (κ1) is 14.2. The fourth-order valence-corrected chi connectivity index (χ4v) is 3.05. The van der Waals surface area contributed by atoms with Gasteiger partial charge in [0.2, 0.25) is 0 Å².